The number of benzene rings is 1. The van der Waals surface area contributed by atoms with Gasteiger partial charge in [0.25, 0.3) is 0 Å². The summed E-state index contributed by atoms with van der Waals surface area (Å²) < 4.78 is 5.23. The van der Waals surface area contributed by atoms with E-state index in [0.29, 0.717) is 18.8 Å². The summed E-state index contributed by atoms with van der Waals surface area (Å²) in [6.07, 6.45) is 2.40. The van der Waals surface area contributed by atoms with Crippen LogP contribution < -0.4 is 15.4 Å². The number of hydrogen-bond donors (Lipinski definition) is 2. The largest absolute Gasteiger partial charge is 0.497 e. The number of amides is 3. The molecule has 7 heteroatoms. The first-order chi connectivity index (χ1) is 13.5. The fraction of sp³-hybridized carbons (Fsp3) is 0.381. The SMILES string of the molecule is COc1ccc(C2CCN(C(C)=O)CC2NC(=O)Nc2ccc(C)nc2)cc1. The second-order valence-electron chi connectivity index (χ2n) is 7.03. The number of methoxy groups -OCH3 is 1. The highest BCUT2D eigenvalue weighted by Crippen LogP contribution is 2.30. The maximum atomic E-state index is 12.5. The zero-order chi connectivity index (χ0) is 20.1. The Morgan fingerprint density at radius 3 is 2.54 bits per heavy atom. The van der Waals surface area contributed by atoms with Gasteiger partial charge in [0, 0.05) is 31.6 Å². The number of piperidine rings is 1. The molecule has 28 heavy (non-hydrogen) atoms. The molecule has 2 atom stereocenters. The van der Waals surface area contributed by atoms with Crippen molar-refractivity contribution in [1.29, 1.82) is 0 Å². The van der Waals surface area contributed by atoms with Crippen molar-refractivity contribution >= 4 is 17.6 Å². The van der Waals surface area contributed by atoms with Gasteiger partial charge in [0.2, 0.25) is 5.91 Å². The van der Waals surface area contributed by atoms with Gasteiger partial charge in [0.15, 0.2) is 0 Å². The minimum Gasteiger partial charge on any atom is -0.497 e. The zero-order valence-electron chi connectivity index (χ0n) is 16.4. The molecule has 1 aromatic heterocycles. The number of nitrogens with one attached hydrogen (secondary N) is 2. The van der Waals surface area contributed by atoms with Gasteiger partial charge in [-0.25, -0.2) is 4.79 Å². The highest BCUT2D eigenvalue weighted by molar-refractivity contribution is 5.89. The average molecular weight is 382 g/mol. The predicted molar refractivity (Wildman–Crippen MR) is 108 cm³/mol. The first-order valence-corrected chi connectivity index (χ1v) is 9.36. The quantitative estimate of drug-likeness (QED) is 0.852. The second-order valence-corrected chi connectivity index (χ2v) is 7.03. The Hall–Kier alpha value is -3.09. The predicted octanol–water partition coefficient (Wildman–Crippen LogP) is 2.92. The molecule has 2 heterocycles. The standard InChI is InChI=1S/C21H26N4O3/c1-14-4-7-17(12-22-14)23-21(27)24-20-13-25(15(2)26)11-10-19(20)16-5-8-18(28-3)9-6-16/h4-9,12,19-20H,10-11,13H2,1-3H3,(H2,23,24,27). The first-order valence-electron chi connectivity index (χ1n) is 9.36. The van der Waals surface area contributed by atoms with Crippen molar-refractivity contribution in [2.24, 2.45) is 0 Å². The van der Waals surface area contributed by atoms with Gasteiger partial charge in [-0.15, -0.1) is 0 Å². The van der Waals surface area contributed by atoms with Gasteiger partial charge in [0.1, 0.15) is 5.75 Å². The van der Waals surface area contributed by atoms with Gasteiger partial charge in [-0.1, -0.05) is 12.1 Å². The second kappa shape index (κ2) is 8.73. The molecule has 2 aromatic rings. The number of nitrogens with zero attached hydrogens (tertiary/aromatic N) is 2. The van der Waals surface area contributed by atoms with E-state index in [0.717, 1.165) is 23.4 Å². The lowest BCUT2D eigenvalue weighted by molar-refractivity contribution is -0.130. The van der Waals surface area contributed by atoms with Crippen molar-refractivity contribution in [2.45, 2.75) is 32.2 Å². The average Bonchev–Trinajstić information content (AvgIpc) is 2.69. The molecule has 148 valence electrons. The topological polar surface area (TPSA) is 83.6 Å². The first kappa shape index (κ1) is 19.7. The molecule has 1 aliphatic rings. The number of pyridine rings is 1. The minimum absolute atomic E-state index is 0.0168. The number of carbonyl (C=O) groups excluding carboxylic acids is 2. The third-order valence-corrected chi connectivity index (χ3v) is 5.09. The molecule has 0 saturated carbocycles. The van der Waals surface area contributed by atoms with Crippen molar-refractivity contribution in [3.05, 3.63) is 53.9 Å². The van der Waals surface area contributed by atoms with Crippen LogP contribution in [-0.4, -0.2) is 48.1 Å². The Morgan fingerprint density at radius 1 is 1.18 bits per heavy atom. The number of urea groups is 1. The van der Waals surface area contributed by atoms with Crippen molar-refractivity contribution in [3.8, 4) is 5.75 Å². The number of aromatic nitrogens is 1. The molecular formula is C21H26N4O3. The smallest absolute Gasteiger partial charge is 0.319 e. The van der Waals surface area contributed by atoms with Crippen LogP contribution in [0.15, 0.2) is 42.6 Å². The molecule has 2 N–H and O–H groups in total. The summed E-state index contributed by atoms with van der Waals surface area (Å²) in [5.41, 5.74) is 2.63. The van der Waals surface area contributed by atoms with Crippen molar-refractivity contribution < 1.29 is 14.3 Å². The summed E-state index contributed by atoms with van der Waals surface area (Å²) in [5, 5.41) is 5.86. The van der Waals surface area contributed by atoms with Crippen LogP contribution in [0.4, 0.5) is 10.5 Å². The van der Waals surface area contributed by atoms with Gasteiger partial charge in [-0.3, -0.25) is 9.78 Å². The van der Waals surface area contributed by atoms with E-state index in [2.05, 4.69) is 15.6 Å². The van der Waals surface area contributed by atoms with Crippen molar-refractivity contribution in [3.63, 3.8) is 0 Å². The third-order valence-electron chi connectivity index (χ3n) is 5.09. The van der Waals surface area contributed by atoms with Crippen LogP contribution in [0.5, 0.6) is 5.75 Å². The summed E-state index contributed by atoms with van der Waals surface area (Å²) >= 11 is 0. The van der Waals surface area contributed by atoms with E-state index in [9.17, 15) is 9.59 Å². The minimum atomic E-state index is -0.306. The molecule has 1 fully saturated rings. The molecule has 0 radical (unpaired) electrons. The summed E-state index contributed by atoms with van der Waals surface area (Å²) in [6, 6.07) is 11.0. The Labute approximate surface area is 165 Å². The fourth-order valence-corrected chi connectivity index (χ4v) is 3.51. The number of likely N-dealkylation sites (tertiary alicyclic amines) is 1. The number of carbonyl (C=O) groups is 2. The van der Waals surface area contributed by atoms with Gasteiger partial charge in [-0.05, 0) is 43.2 Å². The summed E-state index contributed by atoms with van der Waals surface area (Å²) in [5.74, 6) is 0.922. The molecule has 3 amide bonds. The van der Waals surface area contributed by atoms with Gasteiger partial charge >= 0.3 is 6.03 Å². The Kier molecular flexibility index (Phi) is 6.13. The molecule has 0 aliphatic carbocycles. The van der Waals surface area contributed by atoms with Gasteiger partial charge in [-0.2, -0.15) is 0 Å². The van der Waals surface area contributed by atoms with Gasteiger partial charge in [0.05, 0.1) is 25.0 Å². The van der Waals surface area contributed by atoms with Crippen LogP contribution in [0, 0.1) is 6.92 Å². The zero-order valence-corrected chi connectivity index (χ0v) is 16.4. The third kappa shape index (κ3) is 4.79. The summed E-state index contributed by atoms with van der Waals surface area (Å²) in [4.78, 5) is 30.4. The molecule has 0 spiro atoms. The lowest BCUT2D eigenvalue weighted by atomic mass is 9.85. The maximum Gasteiger partial charge on any atom is 0.319 e. The number of rotatable bonds is 4. The van der Waals surface area contributed by atoms with Gasteiger partial charge < -0.3 is 20.3 Å². The van der Waals surface area contributed by atoms with E-state index in [-0.39, 0.29) is 23.9 Å². The van der Waals surface area contributed by atoms with Crippen molar-refractivity contribution in [1.82, 2.24) is 15.2 Å². The molecular weight excluding hydrogens is 356 g/mol. The Bertz CT molecular complexity index is 821. The summed E-state index contributed by atoms with van der Waals surface area (Å²) in [6.45, 7) is 4.60. The molecule has 1 aromatic carbocycles. The maximum absolute atomic E-state index is 12.5. The van der Waals surface area contributed by atoms with Crippen LogP contribution in [0.25, 0.3) is 0 Å². The summed E-state index contributed by atoms with van der Waals surface area (Å²) in [7, 11) is 1.63. The molecule has 3 rings (SSSR count). The van der Waals surface area contributed by atoms with E-state index in [1.54, 1.807) is 25.1 Å². The Morgan fingerprint density at radius 2 is 1.93 bits per heavy atom. The lowest BCUT2D eigenvalue weighted by Crippen LogP contribution is -2.53. The Balaban J connectivity index is 1.73. The number of ether oxygens (including phenoxy) is 1. The van der Waals surface area contributed by atoms with E-state index in [1.165, 1.54) is 0 Å². The van der Waals surface area contributed by atoms with E-state index in [4.69, 9.17) is 4.74 Å². The number of anilines is 1. The van der Waals surface area contributed by atoms with Crippen LogP contribution in [0.2, 0.25) is 0 Å². The van der Waals surface area contributed by atoms with E-state index in [1.807, 2.05) is 43.3 Å². The van der Waals surface area contributed by atoms with Crippen LogP contribution in [-0.2, 0) is 4.79 Å². The normalized spacial score (nSPS) is 19.0. The fourth-order valence-electron chi connectivity index (χ4n) is 3.51. The number of aryl methyl sites for hydroxylation is 1. The highest BCUT2D eigenvalue weighted by atomic mass is 16.5. The van der Waals surface area contributed by atoms with E-state index >= 15 is 0 Å². The lowest BCUT2D eigenvalue weighted by Gasteiger charge is -2.38. The number of hydrogen-bond acceptors (Lipinski definition) is 4. The molecule has 2 unspecified atom stereocenters. The monoisotopic (exact) mass is 382 g/mol. The van der Waals surface area contributed by atoms with Crippen LogP contribution >= 0.6 is 0 Å². The van der Waals surface area contributed by atoms with Crippen LogP contribution in [0.3, 0.4) is 0 Å². The van der Waals surface area contributed by atoms with Crippen LogP contribution in [0.1, 0.15) is 30.5 Å². The molecule has 7 nitrogen and oxygen atoms in total. The highest BCUT2D eigenvalue weighted by Gasteiger charge is 2.32. The van der Waals surface area contributed by atoms with E-state index < -0.39 is 0 Å². The van der Waals surface area contributed by atoms with Crippen molar-refractivity contribution in [2.75, 3.05) is 25.5 Å². The molecule has 1 saturated heterocycles. The molecule has 0 bridgehead atoms. The molecule has 1 aliphatic heterocycles.